The van der Waals surface area contributed by atoms with Gasteiger partial charge in [-0.2, -0.15) is 0 Å². The van der Waals surface area contributed by atoms with Crippen molar-refractivity contribution in [2.24, 2.45) is 5.92 Å². The number of alkyl halides is 2. The standard InChI is InChI=1S/C8H18.CH2F2/c1-4-5-6-7-8(2)3;2-1-3/h8H,4-7H2,1-3H3;1H2. The van der Waals surface area contributed by atoms with Gasteiger partial charge in [0.1, 0.15) is 0 Å². The van der Waals surface area contributed by atoms with Crippen LogP contribution in [0.25, 0.3) is 0 Å². The van der Waals surface area contributed by atoms with Crippen LogP contribution < -0.4 is 0 Å². The molecule has 0 aliphatic heterocycles. The highest BCUT2D eigenvalue weighted by Crippen LogP contribution is 2.06. The number of rotatable bonds is 4. The van der Waals surface area contributed by atoms with E-state index in [2.05, 4.69) is 20.8 Å². The Morgan fingerprint density at radius 1 is 1.09 bits per heavy atom. The van der Waals surface area contributed by atoms with Gasteiger partial charge in [-0.15, -0.1) is 0 Å². The van der Waals surface area contributed by atoms with Crippen molar-refractivity contribution in [1.82, 2.24) is 0 Å². The van der Waals surface area contributed by atoms with Crippen LogP contribution in [0.2, 0.25) is 0 Å². The van der Waals surface area contributed by atoms with Gasteiger partial charge in [-0.3, -0.25) is 0 Å². The van der Waals surface area contributed by atoms with Gasteiger partial charge in [-0.25, -0.2) is 8.78 Å². The normalized spacial score (nSPS) is 9.27. The first-order valence-corrected chi connectivity index (χ1v) is 4.30. The van der Waals surface area contributed by atoms with Crippen LogP contribution in [-0.4, -0.2) is 6.93 Å². The Kier molecular flexibility index (Phi) is 15.3. The summed E-state index contributed by atoms with van der Waals surface area (Å²) in [4.78, 5) is 0. The highest BCUT2D eigenvalue weighted by Gasteiger charge is 1.90. The molecule has 0 aliphatic carbocycles. The third kappa shape index (κ3) is 25.8. The summed E-state index contributed by atoms with van der Waals surface area (Å²) in [6, 6.07) is 0. The Labute approximate surface area is 69.0 Å². The van der Waals surface area contributed by atoms with Crippen molar-refractivity contribution in [3.8, 4) is 0 Å². The van der Waals surface area contributed by atoms with Crippen LogP contribution in [0.1, 0.15) is 46.5 Å². The molecule has 0 saturated heterocycles. The van der Waals surface area contributed by atoms with E-state index in [1.54, 1.807) is 0 Å². The van der Waals surface area contributed by atoms with E-state index < -0.39 is 6.93 Å². The Balaban J connectivity index is 0. The van der Waals surface area contributed by atoms with Crippen LogP contribution in [0.3, 0.4) is 0 Å². The lowest BCUT2D eigenvalue weighted by Crippen LogP contribution is -1.85. The highest BCUT2D eigenvalue weighted by atomic mass is 19.3. The summed E-state index contributed by atoms with van der Waals surface area (Å²) in [7, 11) is 0. The number of unbranched alkanes of at least 4 members (excludes halogenated alkanes) is 2. The number of halogens is 2. The minimum absolute atomic E-state index is 0.904. The SMILES string of the molecule is CCCCCC(C)C.FCF. The summed E-state index contributed by atoms with van der Waals surface area (Å²) in [5.41, 5.74) is 0. The molecule has 0 fully saturated rings. The van der Waals surface area contributed by atoms with Gasteiger partial charge in [0, 0.05) is 0 Å². The fourth-order valence-electron chi connectivity index (χ4n) is 0.803. The van der Waals surface area contributed by atoms with Gasteiger partial charge in [0.2, 0.25) is 6.93 Å². The Morgan fingerprint density at radius 3 is 1.82 bits per heavy atom. The molecule has 11 heavy (non-hydrogen) atoms. The highest BCUT2D eigenvalue weighted by molar-refractivity contribution is 4.44. The van der Waals surface area contributed by atoms with E-state index in [0.29, 0.717) is 0 Å². The second-order valence-corrected chi connectivity index (χ2v) is 2.99. The van der Waals surface area contributed by atoms with Gasteiger partial charge in [-0.1, -0.05) is 46.5 Å². The third-order valence-corrected chi connectivity index (χ3v) is 1.39. The Morgan fingerprint density at radius 2 is 1.55 bits per heavy atom. The maximum Gasteiger partial charge on any atom is 0.229 e. The summed E-state index contributed by atoms with van der Waals surface area (Å²) < 4.78 is 19.2. The van der Waals surface area contributed by atoms with Gasteiger partial charge >= 0.3 is 0 Å². The largest absolute Gasteiger partial charge is 0.229 e. The zero-order chi connectivity index (χ0) is 9.11. The van der Waals surface area contributed by atoms with Crippen molar-refractivity contribution in [2.45, 2.75) is 46.5 Å². The fourth-order valence-corrected chi connectivity index (χ4v) is 0.803. The molecule has 0 aromatic rings. The summed E-state index contributed by atoms with van der Waals surface area (Å²) in [5, 5.41) is 0. The van der Waals surface area contributed by atoms with E-state index in [0.717, 1.165) is 5.92 Å². The van der Waals surface area contributed by atoms with Crippen molar-refractivity contribution < 1.29 is 8.78 Å². The van der Waals surface area contributed by atoms with Crippen molar-refractivity contribution in [2.75, 3.05) is 6.93 Å². The van der Waals surface area contributed by atoms with E-state index in [4.69, 9.17) is 0 Å². The van der Waals surface area contributed by atoms with E-state index in [9.17, 15) is 8.78 Å². The average molecular weight is 166 g/mol. The van der Waals surface area contributed by atoms with E-state index in [1.807, 2.05) is 0 Å². The van der Waals surface area contributed by atoms with Gasteiger partial charge in [0.05, 0.1) is 0 Å². The summed E-state index contributed by atoms with van der Waals surface area (Å²) in [5.74, 6) is 0.904. The van der Waals surface area contributed by atoms with Crippen LogP contribution in [0, 0.1) is 5.92 Å². The van der Waals surface area contributed by atoms with Gasteiger partial charge in [0.15, 0.2) is 0 Å². The van der Waals surface area contributed by atoms with Crippen molar-refractivity contribution in [3.05, 3.63) is 0 Å². The predicted molar refractivity (Wildman–Crippen MR) is 46.1 cm³/mol. The lowest BCUT2D eigenvalue weighted by molar-refractivity contribution is 0.295. The molecular formula is C9H20F2. The van der Waals surface area contributed by atoms with E-state index >= 15 is 0 Å². The molecule has 70 valence electrons. The Bertz CT molecular complexity index is 53.5. The van der Waals surface area contributed by atoms with Crippen LogP contribution >= 0.6 is 0 Å². The maximum absolute atomic E-state index is 9.62. The van der Waals surface area contributed by atoms with E-state index in [-0.39, 0.29) is 0 Å². The van der Waals surface area contributed by atoms with Crippen LogP contribution in [0.4, 0.5) is 8.78 Å². The monoisotopic (exact) mass is 166 g/mol. The molecule has 0 nitrogen and oxygen atoms in total. The topological polar surface area (TPSA) is 0 Å². The molecule has 0 saturated carbocycles. The van der Waals surface area contributed by atoms with Crippen LogP contribution in [0.5, 0.6) is 0 Å². The minimum Gasteiger partial charge on any atom is -0.214 e. The van der Waals surface area contributed by atoms with Crippen LogP contribution in [0.15, 0.2) is 0 Å². The minimum atomic E-state index is -1.75. The smallest absolute Gasteiger partial charge is 0.214 e. The summed E-state index contributed by atoms with van der Waals surface area (Å²) in [6.45, 7) is 5.08. The first kappa shape index (κ1) is 13.4. The molecule has 0 N–H and O–H groups in total. The molecule has 0 rings (SSSR count). The molecule has 2 heteroatoms. The summed E-state index contributed by atoms with van der Waals surface area (Å²) >= 11 is 0. The predicted octanol–water partition coefficient (Wildman–Crippen LogP) is 4.11. The van der Waals surface area contributed by atoms with Crippen LogP contribution in [-0.2, 0) is 0 Å². The first-order chi connectivity index (χ1) is 5.18. The molecule has 0 amide bonds. The van der Waals surface area contributed by atoms with Crippen molar-refractivity contribution >= 4 is 0 Å². The lowest BCUT2D eigenvalue weighted by Gasteiger charge is -2.00. The molecular weight excluding hydrogens is 146 g/mol. The molecule has 0 radical (unpaired) electrons. The van der Waals surface area contributed by atoms with Gasteiger partial charge in [0.25, 0.3) is 0 Å². The third-order valence-electron chi connectivity index (χ3n) is 1.39. The lowest BCUT2D eigenvalue weighted by atomic mass is 10.1. The molecule has 0 bridgehead atoms. The summed E-state index contributed by atoms with van der Waals surface area (Å²) in [6.07, 6.45) is 5.60. The zero-order valence-corrected chi connectivity index (χ0v) is 7.87. The molecule has 0 aromatic heterocycles. The van der Waals surface area contributed by atoms with E-state index in [1.165, 1.54) is 25.7 Å². The molecule has 0 atom stereocenters. The van der Waals surface area contributed by atoms with Gasteiger partial charge in [-0.05, 0) is 5.92 Å². The number of hydrogen-bond donors (Lipinski definition) is 0. The fraction of sp³-hybridized carbons (Fsp3) is 1.00. The maximum atomic E-state index is 9.62. The molecule has 0 spiro atoms. The zero-order valence-electron chi connectivity index (χ0n) is 7.87. The average Bonchev–Trinajstić information content (AvgIpc) is 1.89. The Hall–Kier alpha value is -0.140. The molecule has 0 aliphatic rings. The van der Waals surface area contributed by atoms with Crippen molar-refractivity contribution in [1.29, 1.82) is 0 Å². The van der Waals surface area contributed by atoms with Gasteiger partial charge < -0.3 is 0 Å². The molecule has 0 heterocycles. The number of hydrogen-bond acceptors (Lipinski definition) is 0. The molecule has 0 aromatic carbocycles. The second-order valence-electron chi connectivity index (χ2n) is 2.99. The second kappa shape index (κ2) is 12.5. The van der Waals surface area contributed by atoms with Crippen molar-refractivity contribution in [3.63, 3.8) is 0 Å². The quantitative estimate of drug-likeness (QED) is 0.551. The first-order valence-electron chi connectivity index (χ1n) is 4.30. The molecule has 0 unspecified atom stereocenters.